The number of alkyl halides is 1. The van der Waals surface area contributed by atoms with Crippen LogP contribution in [0.1, 0.15) is 39.0 Å². The first-order chi connectivity index (χ1) is 5.75. The maximum absolute atomic E-state index is 5.22. The Morgan fingerprint density at radius 1 is 1.50 bits per heavy atom. The molecule has 68 valence electrons. The van der Waals surface area contributed by atoms with Crippen LogP contribution >= 0.6 is 15.9 Å². The predicted molar refractivity (Wildman–Crippen MR) is 57.3 cm³/mol. The molecule has 0 aliphatic heterocycles. The van der Waals surface area contributed by atoms with Crippen molar-refractivity contribution in [3.63, 3.8) is 0 Å². The third kappa shape index (κ3) is 2.52. The minimum atomic E-state index is 0.758. The predicted octanol–water partition coefficient (Wildman–Crippen LogP) is 3.60. The number of hydrogen-bond donors (Lipinski definition) is 0. The minimum Gasteiger partial charge on any atom is -0.120 e. The molecule has 12 heavy (non-hydrogen) atoms. The van der Waals surface area contributed by atoms with E-state index < -0.39 is 0 Å². The largest absolute Gasteiger partial charge is 0.120 e. The molecule has 0 bridgehead atoms. The summed E-state index contributed by atoms with van der Waals surface area (Å²) in [5.74, 6) is 4.47. The van der Waals surface area contributed by atoms with Gasteiger partial charge in [0.2, 0.25) is 0 Å². The van der Waals surface area contributed by atoms with Crippen LogP contribution in [0.15, 0.2) is 0 Å². The Hall–Kier alpha value is 0.0400. The SMILES string of the molecule is C#CCCCC1CCC(Br)C1C. The zero-order valence-corrected chi connectivity index (χ0v) is 9.31. The van der Waals surface area contributed by atoms with Gasteiger partial charge in [0.1, 0.15) is 0 Å². The standard InChI is InChI=1S/C11H17Br/c1-3-4-5-6-10-7-8-11(12)9(10)2/h1,9-11H,4-8H2,2H3. The summed E-state index contributed by atoms with van der Waals surface area (Å²) in [7, 11) is 0. The van der Waals surface area contributed by atoms with Crippen LogP contribution in [0.25, 0.3) is 0 Å². The maximum atomic E-state index is 5.22. The van der Waals surface area contributed by atoms with Crippen LogP contribution in [0.2, 0.25) is 0 Å². The molecule has 1 heteroatoms. The first-order valence-electron chi connectivity index (χ1n) is 4.83. The summed E-state index contributed by atoms with van der Waals surface area (Å²) >= 11 is 3.71. The molecule has 0 amide bonds. The zero-order valence-electron chi connectivity index (χ0n) is 7.72. The van der Waals surface area contributed by atoms with Gasteiger partial charge in [0.15, 0.2) is 0 Å². The number of terminal acetylenes is 1. The van der Waals surface area contributed by atoms with E-state index in [-0.39, 0.29) is 0 Å². The molecule has 3 atom stereocenters. The lowest BCUT2D eigenvalue weighted by atomic mass is 9.93. The fraction of sp³-hybridized carbons (Fsp3) is 0.818. The van der Waals surface area contributed by atoms with Gasteiger partial charge in [-0.1, -0.05) is 22.9 Å². The van der Waals surface area contributed by atoms with Gasteiger partial charge in [0.25, 0.3) is 0 Å². The lowest BCUT2D eigenvalue weighted by Crippen LogP contribution is -2.10. The Bertz CT molecular complexity index is 168. The van der Waals surface area contributed by atoms with E-state index in [1.807, 2.05) is 0 Å². The molecule has 0 aromatic rings. The van der Waals surface area contributed by atoms with Crippen LogP contribution in [0.3, 0.4) is 0 Å². The Morgan fingerprint density at radius 2 is 2.25 bits per heavy atom. The Kier molecular flexibility index (Phi) is 4.15. The van der Waals surface area contributed by atoms with Crippen LogP contribution in [0.5, 0.6) is 0 Å². The molecule has 1 aliphatic rings. The fourth-order valence-electron chi connectivity index (χ4n) is 2.07. The Balaban J connectivity index is 2.21. The highest BCUT2D eigenvalue weighted by molar-refractivity contribution is 9.09. The van der Waals surface area contributed by atoms with Gasteiger partial charge in [-0.25, -0.2) is 0 Å². The molecule has 3 unspecified atom stereocenters. The van der Waals surface area contributed by atoms with E-state index in [1.165, 1.54) is 25.7 Å². The molecule has 0 aromatic carbocycles. The molecule has 1 fully saturated rings. The molecule has 0 aromatic heterocycles. The quantitative estimate of drug-likeness (QED) is 0.394. The second kappa shape index (κ2) is 4.92. The molecule has 0 heterocycles. The number of unbranched alkanes of at least 4 members (excludes halogenated alkanes) is 1. The van der Waals surface area contributed by atoms with E-state index in [4.69, 9.17) is 6.42 Å². The van der Waals surface area contributed by atoms with Gasteiger partial charge in [-0.3, -0.25) is 0 Å². The fourth-order valence-corrected chi connectivity index (χ4v) is 2.76. The lowest BCUT2D eigenvalue weighted by molar-refractivity contribution is 0.389. The zero-order chi connectivity index (χ0) is 8.97. The highest BCUT2D eigenvalue weighted by atomic mass is 79.9. The molecular formula is C11H17Br. The Morgan fingerprint density at radius 3 is 2.75 bits per heavy atom. The smallest absolute Gasteiger partial charge is 0.0174 e. The van der Waals surface area contributed by atoms with Gasteiger partial charge in [-0.05, 0) is 37.5 Å². The summed E-state index contributed by atoms with van der Waals surface area (Å²) in [6.07, 6.45) is 11.5. The van der Waals surface area contributed by atoms with E-state index in [9.17, 15) is 0 Å². The van der Waals surface area contributed by atoms with Crippen molar-refractivity contribution in [2.75, 3.05) is 0 Å². The average molecular weight is 229 g/mol. The molecule has 0 spiro atoms. The van der Waals surface area contributed by atoms with Crippen molar-refractivity contribution in [1.82, 2.24) is 0 Å². The van der Waals surface area contributed by atoms with Gasteiger partial charge in [0, 0.05) is 11.2 Å². The van der Waals surface area contributed by atoms with Gasteiger partial charge in [-0.2, -0.15) is 0 Å². The molecule has 1 rings (SSSR count). The van der Waals surface area contributed by atoms with Crippen molar-refractivity contribution >= 4 is 15.9 Å². The highest BCUT2D eigenvalue weighted by Crippen LogP contribution is 2.38. The summed E-state index contributed by atoms with van der Waals surface area (Å²) in [6, 6.07) is 0. The van der Waals surface area contributed by atoms with Crippen molar-refractivity contribution in [1.29, 1.82) is 0 Å². The van der Waals surface area contributed by atoms with Crippen molar-refractivity contribution in [3.8, 4) is 12.3 Å². The molecule has 0 saturated heterocycles. The normalized spacial score (nSPS) is 34.9. The monoisotopic (exact) mass is 228 g/mol. The topological polar surface area (TPSA) is 0 Å². The third-order valence-corrected chi connectivity index (χ3v) is 4.32. The number of hydrogen-bond acceptors (Lipinski definition) is 0. The summed E-state index contributed by atoms with van der Waals surface area (Å²) in [4.78, 5) is 0.758. The van der Waals surface area contributed by atoms with E-state index in [0.29, 0.717) is 0 Å². The van der Waals surface area contributed by atoms with Gasteiger partial charge >= 0.3 is 0 Å². The van der Waals surface area contributed by atoms with E-state index in [1.54, 1.807) is 0 Å². The van der Waals surface area contributed by atoms with Crippen LogP contribution < -0.4 is 0 Å². The molecular weight excluding hydrogens is 212 g/mol. The van der Waals surface area contributed by atoms with Crippen LogP contribution in [-0.4, -0.2) is 4.83 Å². The number of rotatable bonds is 3. The van der Waals surface area contributed by atoms with Gasteiger partial charge in [0.05, 0.1) is 0 Å². The highest BCUT2D eigenvalue weighted by Gasteiger charge is 2.29. The van der Waals surface area contributed by atoms with Gasteiger partial charge < -0.3 is 0 Å². The first-order valence-corrected chi connectivity index (χ1v) is 5.74. The molecule has 0 N–H and O–H groups in total. The lowest BCUT2D eigenvalue weighted by Gasteiger charge is -2.16. The summed E-state index contributed by atoms with van der Waals surface area (Å²) in [5, 5.41) is 0. The van der Waals surface area contributed by atoms with Crippen LogP contribution in [0, 0.1) is 24.2 Å². The molecule has 1 saturated carbocycles. The summed E-state index contributed by atoms with van der Waals surface area (Å²) in [6.45, 7) is 2.35. The molecule has 0 radical (unpaired) electrons. The Labute approximate surface area is 84.2 Å². The van der Waals surface area contributed by atoms with Crippen molar-refractivity contribution in [3.05, 3.63) is 0 Å². The van der Waals surface area contributed by atoms with Crippen molar-refractivity contribution in [2.45, 2.75) is 43.9 Å². The van der Waals surface area contributed by atoms with Crippen LogP contribution in [-0.2, 0) is 0 Å². The average Bonchev–Trinajstić information content (AvgIpc) is 2.36. The van der Waals surface area contributed by atoms with Crippen LogP contribution in [0.4, 0.5) is 0 Å². The second-order valence-corrected chi connectivity index (χ2v) is 4.99. The maximum Gasteiger partial charge on any atom is 0.0174 e. The molecule has 0 nitrogen and oxygen atoms in total. The van der Waals surface area contributed by atoms with E-state index in [0.717, 1.165) is 23.1 Å². The first kappa shape index (κ1) is 10.1. The summed E-state index contributed by atoms with van der Waals surface area (Å²) < 4.78 is 0. The van der Waals surface area contributed by atoms with E-state index in [2.05, 4.69) is 28.8 Å². The minimum absolute atomic E-state index is 0.758. The third-order valence-electron chi connectivity index (χ3n) is 3.02. The number of halogens is 1. The summed E-state index contributed by atoms with van der Waals surface area (Å²) in [5.41, 5.74) is 0. The molecule has 1 aliphatic carbocycles. The second-order valence-electron chi connectivity index (χ2n) is 3.81. The van der Waals surface area contributed by atoms with E-state index >= 15 is 0 Å². The van der Waals surface area contributed by atoms with Crippen molar-refractivity contribution < 1.29 is 0 Å². The van der Waals surface area contributed by atoms with Gasteiger partial charge in [-0.15, -0.1) is 12.3 Å². The van der Waals surface area contributed by atoms with Crippen molar-refractivity contribution in [2.24, 2.45) is 11.8 Å².